The van der Waals surface area contributed by atoms with Gasteiger partial charge in [0.05, 0.1) is 23.0 Å². The van der Waals surface area contributed by atoms with Gasteiger partial charge in [-0.25, -0.2) is 0 Å². The van der Waals surface area contributed by atoms with Crippen molar-refractivity contribution in [3.63, 3.8) is 0 Å². The summed E-state index contributed by atoms with van der Waals surface area (Å²) in [6.07, 6.45) is 1.56. The number of carbonyl (C=O) groups excluding carboxylic acids is 1. The first-order valence-electron chi connectivity index (χ1n) is 10.5. The standard InChI is InChI=1S/C24H18Cl2N4O4/c25-15-6-7-20-17(12-15)19(31)13-21(34-20)23(32)29-10-8-28(9-11-29)18-14-27-30(24(33)22(18)26)16-4-2-1-3-5-16/h1-7,12-14H,8-11H2. The van der Waals surface area contributed by atoms with Gasteiger partial charge in [0.15, 0.2) is 11.2 Å². The molecule has 10 heteroatoms. The van der Waals surface area contributed by atoms with Gasteiger partial charge in [-0.05, 0) is 30.3 Å². The number of para-hydroxylation sites is 1. The lowest BCUT2D eigenvalue weighted by Gasteiger charge is -2.35. The average molecular weight is 497 g/mol. The fraction of sp³-hybridized carbons (Fsp3) is 0.167. The van der Waals surface area contributed by atoms with Gasteiger partial charge in [-0.1, -0.05) is 41.4 Å². The lowest BCUT2D eigenvalue weighted by Crippen LogP contribution is -2.49. The molecule has 8 nitrogen and oxygen atoms in total. The number of hydrogen-bond donors (Lipinski definition) is 0. The lowest BCUT2D eigenvalue weighted by molar-refractivity contribution is 0.0715. The second-order valence-corrected chi connectivity index (χ2v) is 8.61. The second-order valence-electron chi connectivity index (χ2n) is 7.79. The van der Waals surface area contributed by atoms with Crippen molar-refractivity contribution in [2.24, 2.45) is 0 Å². The molecule has 0 aliphatic carbocycles. The van der Waals surface area contributed by atoms with Crippen LogP contribution in [0, 0.1) is 0 Å². The van der Waals surface area contributed by atoms with Gasteiger partial charge in [0.25, 0.3) is 11.5 Å². The number of benzene rings is 2. The molecule has 5 rings (SSSR count). The van der Waals surface area contributed by atoms with E-state index in [1.807, 2.05) is 23.1 Å². The summed E-state index contributed by atoms with van der Waals surface area (Å²) in [4.78, 5) is 41.7. The van der Waals surface area contributed by atoms with Crippen LogP contribution in [0.2, 0.25) is 10.0 Å². The zero-order chi connectivity index (χ0) is 23.8. The predicted octanol–water partition coefficient (Wildman–Crippen LogP) is 3.61. The van der Waals surface area contributed by atoms with Gasteiger partial charge in [0.2, 0.25) is 0 Å². The molecule has 1 amide bonds. The van der Waals surface area contributed by atoms with E-state index < -0.39 is 5.56 Å². The monoisotopic (exact) mass is 496 g/mol. The first kappa shape index (κ1) is 22.2. The van der Waals surface area contributed by atoms with Crippen molar-refractivity contribution in [1.82, 2.24) is 14.7 Å². The molecule has 0 bridgehead atoms. The molecule has 0 atom stereocenters. The Hall–Kier alpha value is -3.62. The molecule has 1 saturated heterocycles. The smallest absolute Gasteiger partial charge is 0.292 e. The summed E-state index contributed by atoms with van der Waals surface area (Å²) in [5, 5.41) is 5.07. The maximum absolute atomic E-state index is 13.0. The average Bonchev–Trinajstić information content (AvgIpc) is 2.86. The van der Waals surface area contributed by atoms with E-state index >= 15 is 0 Å². The first-order chi connectivity index (χ1) is 16.4. The molecule has 1 fully saturated rings. The molecule has 1 aliphatic rings. The highest BCUT2D eigenvalue weighted by atomic mass is 35.5. The van der Waals surface area contributed by atoms with Gasteiger partial charge in [-0.15, -0.1) is 0 Å². The minimum atomic E-state index is -0.415. The Bertz CT molecular complexity index is 1510. The second kappa shape index (κ2) is 8.96. The highest BCUT2D eigenvalue weighted by molar-refractivity contribution is 6.33. The largest absolute Gasteiger partial charge is 0.451 e. The molecule has 3 heterocycles. The third-order valence-electron chi connectivity index (χ3n) is 5.71. The molecule has 0 saturated carbocycles. The van der Waals surface area contributed by atoms with E-state index in [1.54, 1.807) is 35.4 Å². The maximum Gasteiger partial charge on any atom is 0.292 e. The molecule has 34 heavy (non-hydrogen) atoms. The van der Waals surface area contributed by atoms with Crippen LogP contribution in [0.15, 0.2) is 74.8 Å². The number of amides is 1. The zero-order valence-electron chi connectivity index (χ0n) is 17.8. The van der Waals surface area contributed by atoms with Crippen LogP contribution in [0.5, 0.6) is 0 Å². The van der Waals surface area contributed by atoms with E-state index in [0.29, 0.717) is 53.5 Å². The Morgan fingerprint density at radius 2 is 1.68 bits per heavy atom. The SMILES string of the molecule is O=C(c1cc(=O)c2cc(Cl)ccc2o1)N1CCN(c2cnn(-c3ccccc3)c(=O)c2Cl)CC1. The van der Waals surface area contributed by atoms with E-state index in [2.05, 4.69) is 5.10 Å². The van der Waals surface area contributed by atoms with Crippen molar-refractivity contribution in [1.29, 1.82) is 0 Å². The van der Waals surface area contributed by atoms with Crippen molar-refractivity contribution in [3.05, 3.63) is 97.2 Å². The van der Waals surface area contributed by atoms with Crippen LogP contribution >= 0.6 is 23.2 Å². The molecule has 0 spiro atoms. The third kappa shape index (κ3) is 4.06. The van der Waals surface area contributed by atoms with Gasteiger partial charge >= 0.3 is 0 Å². The number of fused-ring (bicyclic) bond motifs is 1. The van der Waals surface area contributed by atoms with Crippen molar-refractivity contribution >= 4 is 45.8 Å². The summed E-state index contributed by atoms with van der Waals surface area (Å²) in [5.74, 6) is -0.407. The van der Waals surface area contributed by atoms with Gasteiger partial charge in [-0.2, -0.15) is 9.78 Å². The number of anilines is 1. The van der Waals surface area contributed by atoms with Crippen LogP contribution in [0.25, 0.3) is 16.7 Å². The van der Waals surface area contributed by atoms with Crippen molar-refractivity contribution in [2.75, 3.05) is 31.1 Å². The van der Waals surface area contributed by atoms with Crippen LogP contribution in [-0.4, -0.2) is 46.8 Å². The van der Waals surface area contributed by atoms with E-state index in [1.165, 1.54) is 16.8 Å². The first-order valence-corrected chi connectivity index (χ1v) is 11.3. The summed E-state index contributed by atoms with van der Waals surface area (Å²) < 4.78 is 6.93. The molecule has 0 unspecified atom stereocenters. The van der Waals surface area contributed by atoms with E-state index in [4.69, 9.17) is 27.6 Å². The van der Waals surface area contributed by atoms with Crippen molar-refractivity contribution in [2.45, 2.75) is 0 Å². The summed E-state index contributed by atoms with van der Waals surface area (Å²) >= 11 is 12.4. The molecule has 0 radical (unpaired) electrons. The number of rotatable bonds is 3. The lowest BCUT2D eigenvalue weighted by atomic mass is 10.2. The van der Waals surface area contributed by atoms with Crippen LogP contribution < -0.4 is 15.9 Å². The summed E-state index contributed by atoms with van der Waals surface area (Å²) in [7, 11) is 0. The van der Waals surface area contributed by atoms with Gasteiger partial charge in [0.1, 0.15) is 10.6 Å². The van der Waals surface area contributed by atoms with Gasteiger partial charge in [-0.3, -0.25) is 14.4 Å². The summed E-state index contributed by atoms with van der Waals surface area (Å²) in [5.41, 5.74) is 0.691. The van der Waals surface area contributed by atoms with Gasteiger partial charge < -0.3 is 14.2 Å². The Morgan fingerprint density at radius 1 is 0.941 bits per heavy atom. The molecular formula is C24H18Cl2N4O4. The topological polar surface area (TPSA) is 88.7 Å². The molecule has 172 valence electrons. The number of halogens is 2. The van der Waals surface area contributed by atoms with E-state index in [-0.39, 0.29) is 22.1 Å². The van der Waals surface area contributed by atoms with Crippen LogP contribution in [0.3, 0.4) is 0 Å². The Morgan fingerprint density at radius 3 is 2.41 bits per heavy atom. The Kier molecular flexibility index (Phi) is 5.85. The molecule has 2 aromatic heterocycles. The quantitative estimate of drug-likeness (QED) is 0.430. The Labute approximate surface area is 203 Å². The van der Waals surface area contributed by atoms with E-state index in [9.17, 15) is 14.4 Å². The van der Waals surface area contributed by atoms with Gasteiger partial charge in [0, 0.05) is 37.3 Å². The zero-order valence-corrected chi connectivity index (χ0v) is 19.3. The minimum Gasteiger partial charge on any atom is -0.451 e. The molecular weight excluding hydrogens is 479 g/mol. The third-order valence-corrected chi connectivity index (χ3v) is 6.30. The Balaban J connectivity index is 1.33. The van der Waals surface area contributed by atoms with Crippen LogP contribution in [0.4, 0.5) is 5.69 Å². The predicted molar refractivity (Wildman–Crippen MR) is 130 cm³/mol. The number of aromatic nitrogens is 2. The minimum absolute atomic E-state index is 0.0292. The molecule has 2 aromatic carbocycles. The fourth-order valence-electron chi connectivity index (χ4n) is 3.94. The van der Waals surface area contributed by atoms with E-state index in [0.717, 1.165) is 0 Å². The highest BCUT2D eigenvalue weighted by Crippen LogP contribution is 2.24. The summed E-state index contributed by atoms with van der Waals surface area (Å²) in [6, 6.07) is 14.9. The van der Waals surface area contributed by atoms with Crippen LogP contribution in [-0.2, 0) is 0 Å². The summed E-state index contributed by atoms with van der Waals surface area (Å²) in [6.45, 7) is 1.60. The number of nitrogens with zero attached hydrogens (tertiary/aromatic N) is 4. The number of carbonyl (C=O) groups is 1. The molecule has 0 N–H and O–H groups in total. The number of piperazine rings is 1. The van der Waals surface area contributed by atoms with Crippen molar-refractivity contribution < 1.29 is 9.21 Å². The van der Waals surface area contributed by atoms with Crippen molar-refractivity contribution in [3.8, 4) is 5.69 Å². The molecule has 4 aromatic rings. The number of hydrogen-bond acceptors (Lipinski definition) is 6. The maximum atomic E-state index is 13.0. The normalized spacial score (nSPS) is 13.9. The van der Waals surface area contributed by atoms with Crippen LogP contribution in [0.1, 0.15) is 10.6 Å². The fourth-order valence-corrected chi connectivity index (χ4v) is 4.36. The molecule has 1 aliphatic heterocycles. The highest BCUT2D eigenvalue weighted by Gasteiger charge is 2.26.